The van der Waals surface area contributed by atoms with Gasteiger partial charge < -0.3 is 10.0 Å². The summed E-state index contributed by atoms with van der Waals surface area (Å²) in [6.07, 6.45) is 0.402. The van der Waals surface area contributed by atoms with Crippen LogP contribution in [-0.4, -0.2) is 41.0 Å². The number of likely N-dealkylation sites (tertiary alicyclic amines) is 1. The van der Waals surface area contributed by atoms with Crippen molar-refractivity contribution in [3.05, 3.63) is 0 Å². The van der Waals surface area contributed by atoms with Crippen molar-refractivity contribution in [2.45, 2.75) is 33.3 Å². The molecule has 0 radical (unpaired) electrons. The zero-order valence-corrected chi connectivity index (χ0v) is 10.4. The Morgan fingerprint density at radius 3 is 2.67 bits per heavy atom. The van der Waals surface area contributed by atoms with Gasteiger partial charge in [0.2, 0.25) is 5.91 Å². The Morgan fingerprint density at radius 2 is 2.20 bits per heavy atom. The first kappa shape index (κ1) is 12.8. The van der Waals surface area contributed by atoms with E-state index in [2.05, 4.69) is 0 Å². The molecule has 1 aliphatic heterocycles. The number of carbonyl (C=O) groups excluding carboxylic acids is 1. The van der Waals surface area contributed by atoms with Crippen LogP contribution >= 0.6 is 11.6 Å². The molecule has 0 saturated carbocycles. The van der Waals surface area contributed by atoms with Crippen LogP contribution in [0.15, 0.2) is 0 Å². The molecular weight excluding hydrogens is 214 g/mol. The van der Waals surface area contributed by atoms with Crippen LogP contribution in [0.2, 0.25) is 0 Å². The quantitative estimate of drug-likeness (QED) is 0.734. The predicted molar refractivity (Wildman–Crippen MR) is 60.9 cm³/mol. The van der Waals surface area contributed by atoms with Crippen molar-refractivity contribution in [2.75, 3.05) is 19.0 Å². The van der Waals surface area contributed by atoms with Crippen molar-refractivity contribution >= 4 is 17.5 Å². The smallest absolute Gasteiger partial charge is 0.229 e. The molecule has 1 fully saturated rings. The fraction of sp³-hybridized carbons (Fsp3) is 0.909. The highest BCUT2D eigenvalue weighted by Crippen LogP contribution is 2.25. The minimum absolute atomic E-state index is 0.0938. The summed E-state index contributed by atoms with van der Waals surface area (Å²) >= 11 is 5.78. The Morgan fingerprint density at radius 1 is 1.60 bits per heavy atom. The van der Waals surface area contributed by atoms with Gasteiger partial charge in [0.1, 0.15) is 0 Å². The van der Waals surface area contributed by atoms with Crippen molar-refractivity contribution < 1.29 is 9.90 Å². The SMILES string of the molecule is CC1CN(C(=O)C(C)(C)CCl)CCC1O. The molecule has 1 N–H and O–H groups in total. The molecule has 88 valence electrons. The van der Waals surface area contributed by atoms with Crippen molar-refractivity contribution in [1.29, 1.82) is 0 Å². The number of carbonyl (C=O) groups is 1. The first-order valence-electron chi connectivity index (χ1n) is 5.42. The second-order valence-corrected chi connectivity index (χ2v) is 5.37. The highest BCUT2D eigenvalue weighted by molar-refractivity contribution is 6.19. The van der Waals surface area contributed by atoms with Gasteiger partial charge in [-0.15, -0.1) is 11.6 Å². The van der Waals surface area contributed by atoms with Gasteiger partial charge in [-0.1, -0.05) is 6.92 Å². The Labute approximate surface area is 96.4 Å². The van der Waals surface area contributed by atoms with Crippen LogP contribution in [0.1, 0.15) is 27.2 Å². The van der Waals surface area contributed by atoms with Gasteiger partial charge in [0, 0.05) is 19.0 Å². The summed E-state index contributed by atoms with van der Waals surface area (Å²) < 4.78 is 0. The molecule has 1 aliphatic rings. The maximum absolute atomic E-state index is 12.1. The molecule has 2 unspecified atom stereocenters. The molecule has 2 atom stereocenters. The van der Waals surface area contributed by atoms with E-state index >= 15 is 0 Å². The molecule has 1 saturated heterocycles. The maximum atomic E-state index is 12.1. The number of aliphatic hydroxyl groups is 1. The molecule has 4 heteroatoms. The molecule has 3 nitrogen and oxygen atoms in total. The Kier molecular flexibility index (Phi) is 4.01. The van der Waals surface area contributed by atoms with Gasteiger partial charge in [-0.25, -0.2) is 0 Å². The summed E-state index contributed by atoms with van der Waals surface area (Å²) in [7, 11) is 0. The van der Waals surface area contributed by atoms with E-state index < -0.39 is 5.41 Å². The first-order chi connectivity index (χ1) is 6.88. The number of nitrogens with zero attached hydrogens (tertiary/aromatic N) is 1. The lowest BCUT2D eigenvalue weighted by molar-refractivity contribution is -0.142. The lowest BCUT2D eigenvalue weighted by Gasteiger charge is -2.38. The van der Waals surface area contributed by atoms with Crippen LogP contribution < -0.4 is 0 Å². The molecule has 0 aromatic carbocycles. The molecule has 1 amide bonds. The Hall–Kier alpha value is -0.280. The van der Waals surface area contributed by atoms with Crippen LogP contribution in [0.25, 0.3) is 0 Å². The third kappa shape index (κ3) is 2.85. The van der Waals surface area contributed by atoms with E-state index in [0.717, 1.165) is 0 Å². The maximum Gasteiger partial charge on any atom is 0.229 e. The van der Waals surface area contributed by atoms with Crippen LogP contribution in [0.5, 0.6) is 0 Å². The summed E-state index contributed by atoms with van der Waals surface area (Å²) in [5, 5.41) is 9.57. The fourth-order valence-corrected chi connectivity index (χ4v) is 1.92. The molecule has 15 heavy (non-hydrogen) atoms. The average Bonchev–Trinajstić information content (AvgIpc) is 2.21. The molecule has 0 aliphatic carbocycles. The highest BCUT2D eigenvalue weighted by Gasteiger charge is 2.35. The highest BCUT2D eigenvalue weighted by atomic mass is 35.5. The molecule has 0 spiro atoms. The zero-order chi connectivity index (χ0) is 11.6. The van der Waals surface area contributed by atoms with E-state index in [4.69, 9.17) is 11.6 Å². The van der Waals surface area contributed by atoms with E-state index in [9.17, 15) is 9.90 Å². The summed E-state index contributed by atoms with van der Waals surface area (Å²) in [6.45, 7) is 6.97. The van der Waals surface area contributed by atoms with Crippen molar-refractivity contribution in [1.82, 2.24) is 4.90 Å². The van der Waals surface area contributed by atoms with E-state index in [1.54, 1.807) is 0 Å². The van der Waals surface area contributed by atoms with E-state index in [-0.39, 0.29) is 17.9 Å². The fourth-order valence-electron chi connectivity index (χ4n) is 1.80. The largest absolute Gasteiger partial charge is 0.393 e. The second kappa shape index (κ2) is 4.71. The molecule has 0 aromatic heterocycles. The topological polar surface area (TPSA) is 40.5 Å². The average molecular weight is 234 g/mol. The standard InChI is InChI=1S/C11H20ClNO2/c1-8-6-13(5-4-9(8)14)10(15)11(2,3)7-12/h8-9,14H,4-7H2,1-3H3. The van der Waals surface area contributed by atoms with Gasteiger partial charge in [-0.3, -0.25) is 4.79 Å². The minimum atomic E-state index is -0.496. The number of aliphatic hydroxyl groups excluding tert-OH is 1. The number of amides is 1. The number of piperidine rings is 1. The monoisotopic (exact) mass is 233 g/mol. The van der Waals surface area contributed by atoms with Crippen LogP contribution in [0.4, 0.5) is 0 Å². The summed E-state index contributed by atoms with van der Waals surface area (Å²) in [5.41, 5.74) is -0.496. The molecular formula is C11H20ClNO2. The molecule has 1 rings (SSSR count). The zero-order valence-electron chi connectivity index (χ0n) is 9.66. The van der Waals surface area contributed by atoms with Gasteiger partial charge in [0.15, 0.2) is 0 Å². The number of hydrogen-bond acceptors (Lipinski definition) is 2. The molecule has 0 aromatic rings. The van der Waals surface area contributed by atoms with Gasteiger partial charge in [-0.05, 0) is 26.2 Å². The van der Waals surface area contributed by atoms with Crippen LogP contribution in [0, 0.1) is 11.3 Å². The van der Waals surface area contributed by atoms with Gasteiger partial charge in [0.05, 0.1) is 11.5 Å². The minimum Gasteiger partial charge on any atom is -0.393 e. The van der Waals surface area contributed by atoms with E-state index in [1.807, 2.05) is 25.7 Å². The second-order valence-electron chi connectivity index (χ2n) is 5.10. The first-order valence-corrected chi connectivity index (χ1v) is 5.95. The van der Waals surface area contributed by atoms with Crippen molar-refractivity contribution in [2.24, 2.45) is 11.3 Å². The lowest BCUT2D eigenvalue weighted by Crippen LogP contribution is -2.49. The van der Waals surface area contributed by atoms with Crippen LogP contribution in [-0.2, 0) is 4.79 Å². The summed E-state index contributed by atoms with van der Waals surface area (Å²) in [6, 6.07) is 0. The predicted octanol–water partition coefficient (Wildman–Crippen LogP) is 1.48. The summed E-state index contributed by atoms with van der Waals surface area (Å²) in [4.78, 5) is 13.9. The third-order valence-corrected chi connectivity index (χ3v) is 3.73. The number of halogens is 1. The number of rotatable bonds is 2. The number of hydrogen-bond donors (Lipinski definition) is 1. The Balaban J connectivity index is 2.62. The van der Waals surface area contributed by atoms with Gasteiger partial charge >= 0.3 is 0 Å². The van der Waals surface area contributed by atoms with Crippen molar-refractivity contribution in [3.63, 3.8) is 0 Å². The molecule has 1 heterocycles. The summed E-state index contributed by atoms with van der Waals surface area (Å²) in [5.74, 6) is 0.587. The van der Waals surface area contributed by atoms with Gasteiger partial charge in [0.25, 0.3) is 0 Å². The van der Waals surface area contributed by atoms with E-state index in [0.29, 0.717) is 25.4 Å². The third-order valence-electron chi connectivity index (χ3n) is 3.06. The lowest BCUT2D eigenvalue weighted by atomic mass is 9.90. The van der Waals surface area contributed by atoms with E-state index in [1.165, 1.54) is 0 Å². The molecule has 0 bridgehead atoms. The van der Waals surface area contributed by atoms with Gasteiger partial charge in [-0.2, -0.15) is 0 Å². The Bertz CT molecular complexity index is 243. The van der Waals surface area contributed by atoms with Crippen molar-refractivity contribution in [3.8, 4) is 0 Å². The normalized spacial score (nSPS) is 27.9. The van der Waals surface area contributed by atoms with Crippen LogP contribution in [0.3, 0.4) is 0 Å². The number of alkyl halides is 1.